The fraction of sp³-hybridized carbons (Fsp3) is 0.640. The first-order valence-corrected chi connectivity index (χ1v) is 12.0. The van der Waals surface area contributed by atoms with Crippen molar-refractivity contribution in [3.8, 4) is 0 Å². The Hall–Kier alpha value is -2.41. The quantitative estimate of drug-likeness (QED) is 0.705. The largest absolute Gasteiger partial charge is 0.376 e. The first-order chi connectivity index (χ1) is 15.4. The molecular weight excluding hydrogens is 406 g/mol. The van der Waals surface area contributed by atoms with Gasteiger partial charge in [-0.05, 0) is 56.7 Å². The van der Waals surface area contributed by atoms with Gasteiger partial charge in [0.15, 0.2) is 0 Å². The monoisotopic (exact) mass is 441 g/mol. The summed E-state index contributed by atoms with van der Waals surface area (Å²) in [7, 11) is 0. The van der Waals surface area contributed by atoms with Gasteiger partial charge in [-0.25, -0.2) is 0 Å². The van der Waals surface area contributed by atoms with Gasteiger partial charge in [-0.3, -0.25) is 14.4 Å². The fourth-order valence-corrected chi connectivity index (χ4v) is 5.24. The van der Waals surface area contributed by atoms with Gasteiger partial charge in [0.05, 0.1) is 18.6 Å². The number of nitrogens with one attached hydrogen (secondary N) is 1. The predicted octanol–water partition coefficient (Wildman–Crippen LogP) is 3.04. The van der Waals surface area contributed by atoms with E-state index in [0.29, 0.717) is 19.7 Å². The molecular formula is C25H35N3O4. The molecule has 174 valence electrons. The smallest absolute Gasteiger partial charge is 0.244 e. The summed E-state index contributed by atoms with van der Waals surface area (Å²) in [4.78, 5) is 42.5. The lowest BCUT2D eigenvalue weighted by Crippen LogP contribution is -2.45. The number of hydrogen-bond acceptors (Lipinski definition) is 4. The molecule has 2 unspecified atom stereocenters. The highest BCUT2D eigenvalue weighted by Gasteiger charge is 2.41. The first-order valence-electron chi connectivity index (χ1n) is 12.0. The maximum absolute atomic E-state index is 13.5. The zero-order valence-electron chi connectivity index (χ0n) is 19.3. The second kappa shape index (κ2) is 10.0. The van der Waals surface area contributed by atoms with E-state index in [1.165, 1.54) is 0 Å². The molecule has 3 aliphatic rings. The summed E-state index contributed by atoms with van der Waals surface area (Å²) in [6.07, 6.45) is 6.42. The number of likely N-dealkylation sites (tertiary alicyclic amines) is 1. The summed E-state index contributed by atoms with van der Waals surface area (Å²) < 4.78 is 5.75. The summed E-state index contributed by atoms with van der Waals surface area (Å²) in [5, 5.41) is 2.96. The summed E-state index contributed by atoms with van der Waals surface area (Å²) in [6.45, 7) is 5.52. The molecule has 7 nitrogen and oxygen atoms in total. The van der Waals surface area contributed by atoms with Crippen LogP contribution in [0.15, 0.2) is 18.2 Å². The molecule has 2 saturated heterocycles. The van der Waals surface area contributed by atoms with Crippen molar-refractivity contribution in [3.63, 3.8) is 0 Å². The Morgan fingerprint density at radius 1 is 1.16 bits per heavy atom. The Labute approximate surface area is 190 Å². The SMILES string of the molecule is Cc1cccc(NC(=O)CN(CC2CCCO2)C(=O)C2CC(=O)N(C3CCCC3)C2)c1C. The van der Waals surface area contributed by atoms with E-state index in [2.05, 4.69) is 5.32 Å². The predicted molar refractivity (Wildman–Crippen MR) is 122 cm³/mol. The van der Waals surface area contributed by atoms with Gasteiger partial charge in [0.1, 0.15) is 0 Å². The zero-order chi connectivity index (χ0) is 22.7. The van der Waals surface area contributed by atoms with Crippen molar-refractivity contribution in [2.75, 3.05) is 31.6 Å². The number of carbonyl (C=O) groups excluding carboxylic acids is 3. The molecule has 3 fully saturated rings. The minimum Gasteiger partial charge on any atom is -0.376 e. The van der Waals surface area contributed by atoms with Crippen LogP contribution in [-0.2, 0) is 19.1 Å². The number of ether oxygens (including phenoxy) is 1. The molecule has 0 radical (unpaired) electrons. The second-order valence-electron chi connectivity index (χ2n) is 9.53. The van der Waals surface area contributed by atoms with Crippen molar-refractivity contribution in [1.82, 2.24) is 9.80 Å². The van der Waals surface area contributed by atoms with Gasteiger partial charge in [0.2, 0.25) is 17.7 Å². The van der Waals surface area contributed by atoms with Gasteiger partial charge >= 0.3 is 0 Å². The lowest BCUT2D eigenvalue weighted by molar-refractivity contribution is -0.139. The van der Waals surface area contributed by atoms with E-state index in [1.54, 1.807) is 4.90 Å². The van der Waals surface area contributed by atoms with Crippen LogP contribution in [-0.4, -0.2) is 65.9 Å². The molecule has 1 aromatic carbocycles. The number of carbonyl (C=O) groups is 3. The van der Waals surface area contributed by atoms with Crippen molar-refractivity contribution < 1.29 is 19.1 Å². The highest BCUT2D eigenvalue weighted by molar-refractivity contribution is 5.96. The second-order valence-corrected chi connectivity index (χ2v) is 9.53. The van der Waals surface area contributed by atoms with Gasteiger partial charge < -0.3 is 19.9 Å². The topological polar surface area (TPSA) is 79.0 Å². The van der Waals surface area contributed by atoms with Gasteiger partial charge in [-0.1, -0.05) is 25.0 Å². The molecule has 4 rings (SSSR count). The van der Waals surface area contributed by atoms with E-state index < -0.39 is 0 Å². The number of amides is 3. The summed E-state index contributed by atoms with van der Waals surface area (Å²) in [5.41, 5.74) is 2.89. The number of rotatable bonds is 7. The van der Waals surface area contributed by atoms with Gasteiger partial charge in [0.25, 0.3) is 0 Å². The Morgan fingerprint density at radius 3 is 2.66 bits per heavy atom. The fourth-order valence-electron chi connectivity index (χ4n) is 5.24. The highest BCUT2D eigenvalue weighted by atomic mass is 16.5. The third-order valence-corrected chi connectivity index (χ3v) is 7.25. The maximum atomic E-state index is 13.5. The van der Waals surface area contributed by atoms with Crippen LogP contribution < -0.4 is 5.32 Å². The lowest BCUT2D eigenvalue weighted by Gasteiger charge is -2.28. The van der Waals surface area contributed by atoms with E-state index in [4.69, 9.17) is 4.74 Å². The van der Waals surface area contributed by atoms with Crippen LogP contribution in [0.3, 0.4) is 0 Å². The number of hydrogen-bond donors (Lipinski definition) is 1. The van der Waals surface area contributed by atoms with E-state index in [0.717, 1.165) is 55.3 Å². The van der Waals surface area contributed by atoms with Crippen LogP contribution in [0.2, 0.25) is 0 Å². The summed E-state index contributed by atoms with van der Waals surface area (Å²) in [6, 6.07) is 6.07. The van der Waals surface area contributed by atoms with Gasteiger partial charge in [0, 0.05) is 37.8 Å². The van der Waals surface area contributed by atoms with Crippen molar-refractivity contribution in [3.05, 3.63) is 29.3 Å². The van der Waals surface area contributed by atoms with E-state index in [9.17, 15) is 14.4 Å². The highest BCUT2D eigenvalue weighted by Crippen LogP contribution is 2.30. The van der Waals surface area contributed by atoms with Crippen LogP contribution in [0, 0.1) is 19.8 Å². The number of aryl methyl sites for hydroxylation is 1. The molecule has 0 spiro atoms. The molecule has 32 heavy (non-hydrogen) atoms. The lowest BCUT2D eigenvalue weighted by atomic mass is 10.1. The molecule has 7 heteroatoms. The van der Waals surface area contributed by atoms with Crippen LogP contribution in [0.5, 0.6) is 0 Å². The Kier molecular flexibility index (Phi) is 7.13. The Balaban J connectivity index is 1.43. The van der Waals surface area contributed by atoms with Gasteiger partial charge in [-0.2, -0.15) is 0 Å². The van der Waals surface area contributed by atoms with Crippen molar-refractivity contribution >= 4 is 23.4 Å². The van der Waals surface area contributed by atoms with Gasteiger partial charge in [-0.15, -0.1) is 0 Å². The van der Waals surface area contributed by atoms with Crippen molar-refractivity contribution in [2.45, 2.75) is 70.9 Å². The molecule has 1 N–H and O–H groups in total. The van der Waals surface area contributed by atoms with E-state index >= 15 is 0 Å². The van der Waals surface area contributed by atoms with E-state index in [1.807, 2.05) is 36.9 Å². The number of anilines is 1. The van der Waals surface area contributed by atoms with E-state index in [-0.39, 0.29) is 48.8 Å². The molecule has 2 atom stereocenters. The minimum absolute atomic E-state index is 0.0276. The first kappa shape index (κ1) is 22.8. The standard InChI is InChI=1S/C25H35N3O4/c1-17-7-5-11-22(18(17)2)26-23(29)16-27(15-21-10-6-12-32-21)25(31)19-13-24(30)28(14-19)20-8-3-4-9-20/h5,7,11,19-21H,3-4,6,8-10,12-16H2,1-2H3,(H,26,29). The zero-order valence-corrected chi connectivity index (χ0v) is 19.3. The third kappa shape index (κ3) is 5.14. The normalized spacial score (nSPS) is 23.7. The maximum Gasteiger partial charge on any atom is 0.244 e. The molecule has 1 aliphatic carbocycles. The average Bonchev–Trinajstić information content (AvgIpc) is 3.52. The number of benzene rings is 1. The molecule has 1 aromatic rings. The summed E-state index contributed by atoms with van der Waals surface area (Å²) >= 11 is 0. The Bertz CT molecular complexity index is 859. The van der Waals surface area contributed by atoms with Crippen LogP contribution in [0.1, 0.15) is 56.1 Å². The molecule has 3 amide bonds. The van der Waals surface area contributed by atoms with Crippen molar-refractivity contribution in [1.29, 1.82) is 0 Å². The molecule has 2 heterocycles. The minimum atomic E-state index is -0.377. The molecule has 1 saturated carbocycles. The van der Waals surface area contributed by atoms with Crippen LogP contribution >= 0.6 is 0 Å². The molecule has 0 aromatic heterocycles. The third-order valence-electron chi connectivity index (χ3n) is 7.25. The van der Waals surface area contributed by atoms with Crippen LogP contribution in [0.4, 0.5) is 5.69 Å². The number of nitrogens with zero attached hydrogens (tertiary/aromatic N) is 2. The average molecular weight is 442 g/mol. The molecule has 2 aliphatic heterocycles. The van der Waals surface area contributed by atoms with Crippen LogP contribution in [0.25, 0.3) is 0 Å². The molecule has 0 bridgehead atoms. The van der Waals surface area contributed by atoms with Crippen molar-refractivity contribution in [2.24, 2.45) is 5.92 Å². The summed E-state index contributed by atoms with van der Waals surface area (Å²) in [5.74, 6) is -0.627. The Morgan fingerprint density at radius 2 is 1.94 bits per heavy atom.